The number of nitrogens with zero attached hydrogens (tertiary/aromatic N) is 1. The van der Waals surface area contributed by atoms with Gasteiger partial charge in [0.05, 0.1) is 11.3 Å². The summed E-state index contributed by atoms with van der Waals surface area (Å²) in [6.45, 7) is 1.04. The van der Waals surface area contributed by atoms with Crippen molar-refractivity contribution in [2.24, 2.45) is 0 Å². The SMILES string of the molecule is CN1CC(c2ccoc2Br)c2ccsc21. The molecule has 2 aromatic heterocycles. The molecule has 78 valence electrons. The molecule has 0 fully saturated rings. The van der Waals surface area contributed by atoms with Crippen LogP contribution in [0.1, 0.15) is 17.0 Å². The van der Waals surface area contributed by atoms with Crippen molar-refractivity contribution in [3.8, 4) is 0 Å². The van der Waals surface area contributed by atoms with E-state index < -0.39 is 0 Å². The van der Waals surface area contributed by atoms with Crippen molar-refractivity contribution >= 4 is 32.3 Å². The fraction of sp³-hybridized carbons (Fsp3) is 0.273. The third kappa shape index (κ3) is 1.35. The van der Waals surface area contributed by atoms with Crippen molar-refractivity contribution in [2.75, 3.05) is 18.5 Å². The third-order valence-corrected chi connectivity index (χ3v) is 4.56. The second-order valence-corrected chi connectivity index (χ2v) is 5.38. The first kappa shape index (κ1) is 9.48. The van der Waals surface area contributed by atoms with Crippen LogP contribution >= 0.6 is 27.3 Å². The Balaban J connectivity index is 2.08. The molecule has 0 bridgehead atoms. The van der Waals surface area contributed by atoms with E-state index >= 15 is 0 Å². The molecule has 1 unspecified atom stereocenters. The Bertz CT molecular complexity index is 490. The first-order valence-corrected chi connectivity index (χ1v) is 6.46. The van der Waals surface area contributed by atoms with E-state index in [0.29, 0.717) is 5.92 Å². The van der Waals surface area contributed by atoms with Gasteiger partial charge in [-0.15, -0.1) is 11.3 Å². The first-order valence-electron chi connectivity index (χ1n) is 4.79. The Labute approximate surface area is 101 Å². The van der Waals surface area contributed by atoms with Gasteiger partial charge in [0.2, 0.25) is 0 Å². The fourth-order valence-corrected chi connectivity index (χ4v) is 3.62. The average Bonchev–Trinajstić information content (AvgIpc) is 2.85. The standard InChI is InChI=1S/C11H10BrNOS/c1-13-6-9(7-2-4-14-10(7)12)8-3-5-15-11(8)13/h2-5,9H,6H2,1H3. The van der Waals surface area contributed by atoms with Crippen molar-refractivity contribution in [3.63, 3.8) is 0 Å². The van der Waals surface area contributed by atoms with Gasteiger partial charge in [0.1, 0.15) is 0 Å². The number of anilines is 1. The Morgan fingerprint density at radius 3 is 3.07 bits per heavy atom. The van der Waals surface area contributed by atoms with E-state index in [9.17, 15) is 0 Å². The summed E-state index contributed by atoms with van der Waals surface area (Å²) in [6.07, 6.45) is 1.74. The Morgan fingerprint density at radius 2 is 2.33 bits per heavy atom. The number of thiophene rings is 1. The summed E-state index contributed by atoms with van der Waals surface area (Å²) in [5.74, 6) is 0.448. The van der Waals surface area contributed by atoms with Gasteiger partial charge < -0.3 is 9.32 Å². The van der Waals surface area contributed by atoms with Crippen LogP contribution in [0, 0.1) is 0 Å². The Kier molecular flexibility index (Phi) is 2.14. The lowest BCUT2D eigenvalue weighted by molar-refractivity contribution is 0.535. The Morgan fingerprint density at radius 1 is 1.47 bits per heavy atom. The van der Waals surface area contributed by atoms with E-state index in [0.717, 1.165) is 11.2 Å². The second kappa shape index (κ2) is 3.39. The quantitative estimate of drug-likeness (QED) is 0.794. The van der Waals surface area contributed by atoms with E-state index in [1.165, 1.54) is 16.1 Å². The summed E-state index contributed by atoms with van der Waals surface area (Å²) in [5.41, 5.74) is 2.67. The lowest BCUT2D eigenvalue weighted by atomic mass is 9.98. The molecule has 0 N–H and O–H groups in total. The van der Waals surface area contributed by atoms with Crippen LogP contribution in [-0.2, 0) is 0 Å². The number of likely N-dealkylation sites (N-methyl/N-ethyl adjacent to an activating group) is 1. The van der Waals surface area contributed by atoms with Gasteiger partial charge in [-0.05, 0) is 39.0 Å². The minimum atomic E-state index is 0.448. The molecule has 0 aromatic carbocycles. The first-order chi connectivity index (χ1) is 7.27. The van der Waals surface area contributed by atoms with Gasteiger partial charge in [-0.2, -0.15) is 0 Å². The molecular weight excluding hydrogens is 274 g/mol. The third-order valence-electron chi connectivity index (χ3n) is 2.87. The fourth-order valence-electron chi connectivity index (χ4n) is 2.16. The number of hydrogen-bond donors (Lipinski definition) is 0. The lowest BCUT2D eigenvalue weighted by Gasteiger charge is -2.11. The highest BCUT2D eigenvalue weighted by molar-refractivity contribution is 9.10. The zero-order valence-electron chi connectivity index (χ0n) is 8.24. The topological polar surface area (TPSA) is 16.4 Å². The van der Waals surface area contributed by atoms with E-state index in [4.69, 9.17) is 4.42 Å². The molecule has 0 spiro atoms. The summed E-state index contributed by atoms with van der Waals surface area (Å²) in [5, 5.41) is 3.54. The number of hydrogen-bond acceptors (Lipinski definition) is 3. The van der Waals surface area contributed by atoms with Crippen molar-refractivity contribution in [2.45, 2.75) is 5.92 Å². The molecule has 0 saturated carbocycles. The van der Waals surface area contributed by atoms with Crippen LogP contribution in [0.2, 0.25) is 0 Å². The van der Waals surface area contributed by atoms with E-state index in [2.05, 4.69) is 45.4 Å². The maximum atomic E-state index is 5.31. The average molecular weight is 284 g/mol. The van der Waals surface area contributed by atoms with E-state index in [-0.39, 0.29) is 0 Å². The molecule has 15 heavy (non-hydrogen) atoms. The van der Waals surface area contributed by atoms with Gasteiger partial charge in [-0.3, -0.25) is 0 Å². The maximum absolute atomic E-state index is 5.31. The predicted molar refractivity (Wildman–Crippen MR) is 65.8 cm³/mol. The van der Waals surface area contributed by atoms with Gasteiger partial charge >= 0.3 is 0 Å². The zero-order chi connectivity index (χ0) is 10.4. The number of furan rings is 1. The Hall–Kier alpha value is -0.740. The summed E-state index contributed by atoms with van der Waals surface area (Å²) in [7, 11) is 2.14. The van der Waals surface area contributed by atoms with Crippen molar-refractivity contribution in [1.29, 1.82) is 0 Å². The number of halogens is 1. The summed E-state index contributed by atoms with van der Waals surface area (Å²) < 4.78 is 6.17. The zero-order valence-corrected chi connectivity index (χ0v) is 10.6. The van der Waals surface area contributed by atoms with Crippen molar-refractivity contribution < 1.29 is 4.42 Å². The molecular formula is C11H10BrNOS. The molecule has 1 aliphatic heterocycles. The maximum Gasteiger partial charge on any atom is 0.172 e. The predicted octanol–water partition coefficient (Wildman–Crippen LogP) is 3.69. The molecule has 4 heteroatoms. The molecule has 0 amide bonds. The van der Waals surface area contributed by atoms with Crippen LogP contribution in [-0.4, -0.2) is 13.6 Å². The minimum Gasteiger partial charge on any atom is -0.457 e. The second-order valence-electron chi connectivity index (χ2n) is 3.76. The molecule has 1 atom stereocenters. The molecule has 0 radical (unpaired) electrons. The highest BCUT2D eigenvalue weighted by Gasteiger charge is 2.30. The van der Waals surface area contributed by atoms with Gasteiger partial charge in [0.25, 0.3) is 0 Å². The van der Waals surface area contributed by atoms with Crippen LogP contribution in [0.4, 0.5) is 5.00 Å². The monoisotopic (exact) mass is 283 g/mol. The minimum absolute atomic E-state index is 0.448. The molecule has 3 heterocycles. The normalized spacial score (nSPS) is 19.6. The van der Waals surface area contributed by atoms with Gasteiger partial charge in [-0.25, -0.2) is 0 Å². The molecule has 1 aliphatic rings. The number of fused-ring (bicyclic) bond motifs is 1. The van der Waals surface area contributed by atoms with Crippen molar-refractivity contribution in [1.82, 2.24) is 0 Å². The van der Waals surface area contributed by atoms with Crippen LogP contribution in [0.15, 0.2) is 32.9 Å². The van der Waals surface area contributed by atoms with Gasteiger partial charge in [0.15, 0.2) is 4.67 Å². The van der Waals surface area contributed by atoms with Crippen LogP contribution in [0.25, 0.3) is 0 Å². The largest absolute Gasteiger partial charge is 0.457 e. The van der Waals surface area contributed by atoms with Gasteiger partial charge in [0, 0.05) is 25.1 Å². The summed E-state index contributed by atoms with van der Waals surface area (Å²) in [4.78, 5) is 2.31. The lowest BCUT2D eigenvalue weighted by Crippen LogP contribution is -2.15. The molecule has 2 nitrogen and oxygen atoms in total. The summed E-state index contributed by atoms with van der Waals surface area (Å²) in [6, 6.07) is 4.27. The van der Waals surface area contributed by atoms with Gasteiger partial charge in [-0.1, -0.05) is 0 Å². The van der Waals surface area contributed by atoms with Crippen LogP contribution < -0.4 is 4.90 Å². The summed E-state index contributed by atoms with van der Waals surface area (Å²) >= 11 is 5.26. The number of rotatable bonds is 1. The van der Waals surface area contributed by atoms with Crippen molar-refractivity contribution in [3.05, 3.63) is 39.6 Å². The highest BCUT2D eigenvalue weighted by atomic mass is 79.9. The molecule has 0 saturated heterocycles. The van der Waals surface area contributed by atoms with E-state index in [1.807, 2.05) is 11.3 Å². The molecule has 0 aliphatic carbocycles. The molecule has 3 rings (SSSR count). The van der Waals surface area contributed by atoms with E-state index in [1.54, 1.807) is 6.26 Å². The highest BCUT2D eigenvalue weighted by Crippen LogP contribution is 2.44. The van der Waals surface area contributed by atoms with Crippen LogP contribution in [0.3, 0.4) is 0 Å². The smallest absolute Gasteiger partial charge is 0.172 e. The molecule has 2 aromatic rings. The van der Waals surface area contributed by atoms with Crippen LogP contribution in [0.5, 0.6) is 0 Å².